The molecule has 0 radical (unpaired) electrons. The van der Waals surface area contributed by atoms with Gasteiger partial charge < -0.3 is 15.6 Å². The highest BCUT2D eigenvalue weighted by molar-refractivity contribution is 6.35. The zero-order chi connectivity index (χ0) is 13.0. The van der Waals surface area contributed by atoms with Gasteiger partial charge >= 0.3 is 5.97 Å². The minimum Gasteiger partial charge on any atom is -0.469 e. The third-order valence-electron chi connectivity index (χ3n) is 2.32. The Morgan fingerprint density at radius 1 is 1.53 bits per heavy atom. The third kappa shape index (κ3) is 3.85. The average Bonchev–Trinajstić information content (AvgIpc) is 2.28. The number of aliphatic hydroxyl groups excluding tert-OH is 1. The summed E-state index contributed by atoms with van der Waals surface area (Å²) in [5.41, 5.74) is 6.13. The van der Waals surface area contributed by atoms with Gasteiger partial charge in [0.2, 0.25) is 0 Å². The molecule has 3 N–H and O–H groups in total. The summed E-state index contributed by atoms with van der Waals surface area (Å²) in [4.78, 5) is 11.0. The summed E-state index contributed by atoms with van der Waals surface area (Å²) in [6.45, 7) is 0. The lowest BCUT2D eigenvalue weighted by atomic mass is 10.0. The molecular formula is C11H13Cl2NO3. The van der Waals surface area contributed by atoms with Gasteiger partial charge in [0, 0.05) is 21.7 Å². The number of halogens is 2. The fourth-order valence-corrected chi connectivity index (χ4v) is 1.88. The molecule has 6 heteroatoms. The van der Waals surface area contributed by atoms with Crippen LogP contribution in [0.3, 0.4) is 0 Å². The van der Waals surface area contributed by atoms with Crippen molar-refractivity contribution in [2.75, 3.05) is 7.11 Å². The van der Waals surface area contributed by atoms with Crippen LogP contribution in [0.25, 0.3) is 0 Å². The third-order valence-corrected chi connectivity index (χ3v) is 2.88. The van der Waals surface area contributed by atoms with Crippen LogP contribution in [0.15, 0.2) is 18.2 Å². The van der Waals surface area contributed by atoms with Crippen LogP contribution in [0.2, 0.25) is 10.0 Å². The topological polar surface area (TPSA) is 72.5 Å². The second kappa shape index (κ2) is 6.21. The standard InChI is InChI=1S/C11H13Cl2NO3/c1-17-10(15)5-9(14)11(16)7-3-2-6(12)4-8(7)13/h2-4,9,11,16H,5,14H2,1H3. The lowest BCUT2D eigenvalue weighted by molar-refractivity contribution is -0.141. The van der Waals surface area contributed by atoms with Gasteiger partial charge in [-0.3, -0.25) is 4.79 Å². The van der Waals surface area contributed by atoms with Crippen molar-refractivity contribution in [2.24, 2.45) is 5.73 Å². The van der Waals surface area contributed by atoms with Crippen LogP contribution in [0.4, 0.5) is 0 Å². The van der Waals surface area contributed by atoms with Crippen LogP contribution in [0.5, 0.6) is 0 Å². The van der Waals surface area contributed by atoms with Crippen molar-refractivity contribution in [3.8, 4) is 0 Å². The van der Waals surface area contributed by atoms with Gasteiger partial charge in [0.15, 0.2) is 0 Å². The van der Waals surface area contributed by atoms with E-state index in [4.69, 9.17) is 28.9 Å². The van der Waals surface area contributed by atoms with E-state index in [1.807, 2.05) is 0 Å². The number of nitrogens with two attached hydrogens (primary N) is 1. The van der Waals surface area contributed by atoms with Gasteiger partial charge in [-0.1, -0.05) is 29.3 Å². The van der Waals surface area contributed by atoms with E-state index in [-0.39, 0.29) is 6.42 Å². The van der Waals surface area contributed by atoms with Gasteiger partial charge in [-0.25, -0.2) is 0 Å². The Bertz CT molecular complexity index is 412. The molecule has 0 bridgehead atoms. The minimum atomic E-state index is -1.04. The zero-order valence-electron chi connectivity index (χ0n) is 9.19. The zero-order valence-corrected chi connectivity index (χ0v) is 10.7. The first-order chi connectivity index (χ1) is 7.95. The van der Waals surface area contributed by atoms with Crippen LogP contribution in [0.1, 0.15) is 18.1 Å². The van der Waals surface area contributed by atoms with Crippen molar-refractivity contribution in [1.82, 2.24) is 0 Å². The molecule has 1 rings (SSSR count). The highest BCUT2D eigenvalue weighted by atomic mass is 35.5. The van der Waals surface area contributed by atoms with Crippen molar-refractivity contribution >= 4 is 29.2 Å². The molecular weight excluding hydrogens is 265 g/mol. The summed E-state index contributed by atoms with van der Waals surface area (Å²) < 4.78 is 4.47. The van der Waals surface area contributed by atoms with Crippen LogP contribution in [0, 0.1) is 0 Å². The predicted octanol–water partition coefficient (Wildman–Crippen LogP) is 1.92. The average molecular weight is 278 g/mol. The van der Waals surface area contributed by atoms with Crippen molar-refractivity contribution in [1.29, 1.82) is 0 Å². The van der Waals surface area contributed by atoms with E-state index in [0.29, 0.717) is 15.6 Å². The van der Waals surface area contributed by atoms with E-state index in [2.05, 4.69) is 4.74 Å². The predicted molar refractivity (Wildman–Crippen MR) is 66.0 cm³/mol. The summed E-state index contributed by atoms with van der Waals surface area (Å²) in [5, 5.41) is 10.7. The Kier molecular flexibility index (Phi) is 5.21. The van der Waals surface area contributed by atoms with Gasteiger partial charge in [-0.2, -0.15) is 0 Å². The van der Waals surface area contributed by atoms with Gasteiger partial charge in [0.05, 0.1) is 19.6 Å². The molecule has 1 aromatic rings. The van der Waals surface area contributed by atoms with Gasteiger partial charge in [-0.05, 0) is 12.1 Å². The van der Waals surface area contributed by atoms with E-state index in [0.717, 1.165) is 0 Å². The molecule has 17 heavy (non-hydrogen) atoms. The Morgan fingerprint density at radius 3 is 2.71 bits per heavy atom. The van der Waals surface area contributed by atoms with Crippen LogP contribution >= 0.6 is 23.2 Å². The second-order valence-electron chi connectivity index (χ2n) is 3.55. The molecule has 0 saturated carbocycles. The normalized spacial score (nSPS) is 14.2. The molecule has 2 atom stereocenters. The molecule has 0 amide bonds. The number of esters is 1. The number of rotatable bonds is 4. The molecule has 2 unspecified atom stereocenters. The second-order valence-corrected chi connectivity index (χ2v) is 4.40. The first-order valence-corrected chi connectivity index (χ1v) is 5.66. The largest absolute Gasteiger partial charge is 0.469 e. The molecule has 1 aromatic carbocycles. The molecule has 0 fully saturated rings. The SMILES string of the molecule is COC(=O)CC(N)C(O)c1ccc(Cl)cc1Cl. The molecule has 0 saturated heterocycles. The van der Waals surface area contributed by atoms with Gasteiger partial charge in [-0.15, -0.1) is 0 Å². The van der Waals surface area contributed by atoms with Crippen molar-refractivity contribution < 1.29 is 14.6 Å². The number of carbonyl (C=O) groups excluding carboxylic acids is 1. The van der Waals surface area contributed by atoms with Crippen LogP contribution in [-0.2, 0) is 9.53 Å². The van der Waals surface area contributed by atoms with Crippen LogP contribution in [-0.4, -0.2) is 24.2 Å². The van der Waals surface area contributed by atoms with E-state index in [1.165, 1.54) is 13.2 Å². The Labute approximate surface area is 109 Å². The summed E-state index contributed by atoms with van der Waals surface area (Å²) in [6, 6.07) is 3.90. The number of hydrogen-bond acceptors (Lipinski definition) is 4. The molecule has 0 heterocycles. The molecule has 94 valence electrons. The van der Waals surface area contributed by atoms with E-state index in [1.54, 1.807) is 12.1 Å². The van der Waals surface area contributed by atoms with Crippen molar-refractivity contribution in [3.63, 3.8) is 0 Å². The highest BCUT2D eigenvalue weighted by Gasteiger charge is 2.22. The monoisotopic (exact) mass is 277 g/mol. The summed E-state index contributed by atoms with van der Waals surface area (Å²) >= 11 is 11.7. The smallest absolute Gasteiger partial charge is 0.307 e. The van der Waals surface area contributed by atoms with Gasteiger partial charge in [0.25, 0.3) is 0 Å². The maximum atomic E-state index is 11.0. The molecule has 0 aliphatic carbocycles. The number of carbonyl (C=O) groups is 1. The lowest BCUT2D eigenvalue weighted by Crippen LogP contribution is -2.31. The number of ether oxygens (including phenoxy) is 1. The number of methoxy groups -OCH3 is 1. The quantitative estimate of drug-likeness (QED) is 0.825. The van der Waals surface area contributed by atoms with Crippen molar-refractivity contribution in [3.05, 3.63) is 33.8 Å². The highest BCUT2D eigenvalue weighted by Crippen LogP contribution is 2.28. The molecule has 0 aromatic heterocycles. The fourth-order valence-electron chi connectivity index (χ4n) is 1.36. The Hall–Kier alpha value is -0.810. The van der Waals surface area contributed by atoms with Crippen molar-refractivity contribution in [2.45, 2.75) is 18.6 Å². The summed E-state index contributed by atoms with van der Waals surface area (Å²) in [7, 11) is 1.26. The Morgan fingerprint density at radius 2 is 2.18 bits per heavy atom. The lowest BCUT2D eigenvalue weighted by Gasteiger charge is -2.19. The van der Waals surface area contributed by atoms with E-state index >= 15 is 0 Å². The molecule has 0 aliphatic heterocycles. The molecule has 0 spiro atoms. The van der Waals surface area contributed by atoms with E-state index in [9.17, 15) is 9.90 Å². The fraction of sp³-hybridized carbons (Fsp3) is 0.364. The first kappa shape index (κ1) is 14.3. The van der Waals surface area contributed by atoms with E-state index < -0.39 is 18.1 Å². The first-order valence-electron chi connectivity index (χ1n) is 4.91. The number of hydrogen-bond donors (Lipinski definition) is 2. The number of aliphatic hydroxyl groups is 1. The summed E-state index contributed by atoms with van der Waals surface area (Å²) in [6.07, 6.45) is -1.13. The Balaban J connectivity index is 2.81. The van der Waals surface area contributed by atoms with Crippen LogP contribution < -0.4 is 5.73 Å². The van der Waals surface area contributed by atoms with Gasteiger partial charge in [0.1, 0.15) is 0 Å². The maximum Gasteiger partial charge on any atom is 0.307 e. The molecule has 4 nitrogen and oxygen atoms in total. The number of benzene rings is 1. The summed E-state index contributed by atoms with van der Waals surface area (Å²) in [5.74, 6) is -0.485. The molecule has 0 aliphatic rings. The minimum absolute atomic E-state index is 0.0867. The maximum absolute atomic E-state index is 11.0.